The van der Waals surface area contributed by atoms with Crippen LogP contribution in [0.2, 0.25) is 0 Å². The predicted molar refractivity (Wildman–Crippen MR) is 138 cm³/mol. The zero-order valence-electron chi connectivity index (χ0n) is 20.7. The second-order valence-electron chi connectivity index (χ2n) is 9.83. The van der Waals surface area contributed by atoms with E-state index in [1.165, 1.54) is 0 Å². The predicted octanol–water partition coefficient (Wildman–Crippen LogP) is 6.03. The van der Waals surface area contributed by atoms with E-state index < -0.39 is 17.8 Å². The Morgan fingerprint density at radius 1 is 1.09 bits per heavy atom. The third-order valence-corrected chi connectivity index (χ3v) is 7.30. The van der Waals surface area contributed by atoms with E-state index in [-0.39, 0.29) is 17.8 Å². The molecule has 0 N–H and O–H groups in total. The summed E-state index contributed by atoms with van der Waals surface area (Å²) in [5.41, 5.74) is 3.44. The van der Waals surface area contributed by atoms with Crippen LogP contribution in [-0.2, 0) is 20.9 Å². The zero-order valence-corrected chi connectivity index (χ0v) is 22.3. The first kappa shape index (κ1) is 25.2. The Morgan fingerprint density at radius 2 is 1.74 bits per heavy atom. The second kappa shape index (κ2) is 9.97. The average Bonchev–Trinajstić information content (AvgIpc) is 2.81. The van der Waals surface area contributed by atoms with Crippen molar-refractivity contribution in [3.8, 4) is 11.5 Å². The topological polar surface area (TPSA) is 74.2 Å². The molecule has 0 amide bonds. The van der Waals surface area contributed by atoms with Gasteiger partial charge in [0.15, 0.2) is 17.3 Å². The largest absolute Gasteiger partial charge is 0.493 e. The molecule has 0 spiro atoms. The number of rotatable bonds is 6. The van der Waals surface area contributed by atoms with Crippen molar-refractivity contribution in [2.45, 2.75) is 46.1 Å². The zero-order chi connectivity index (χ0) is 25.3. The fourth-order valence-corrected chi connectivity index (χ4v) is 5.58. The minimum absolute atomic E-state index is 0.0139. The molecule has 6 nitrogen and oxygen atoms in total. The van der Waals surface area contributed by atoms with E-state index in [0.717, 1.165) is 21.3 Å². The van der Waals surface area contributed by atoms with E-state index in [1.807, 2.05) is 43.3 Å². The normalized spacial score (nSPS) is 21.2. The molecule has 1 aliphatic carbocycles. The van der Waals surface area contributed by atoms with Gasteiger partial charge >= 0.3 is 5.97 Å². The lowest BCUT2D eigenvalue weighted by molar-refractivity contribution is -0.148. The van der Waals surface area contributed by atoms with Gasteiger partial charge in [0.1, 0.15) is 12.5 Å². The molecule has 0 aromatic heterocycles. The first-order valence-corrected chi connectivity index (χ1v) is 12.4. The molecule has 1 heterocycles. The molecule has 0 saturated heterocycles. The minimum Gasteiger partial charge on any atom is -0.493 e. The lowest BCUT2D eigenvalue weighted by atomic mass is 9.67. The molecular weight excluding hydrogens is 510 g/mol. The summed E-state index contributed by atoms with van der Waals surface area (Å²) in [6.07, 6.45) is 1.06. The van der Waals surface area contributed by atoms with Gasteiger partial charge in [0.05, 0.1) is 14.2 Å². The molecular formula is C28H30BrNO5. The van der Waals surface area contributed by atoms with Gasteiger partial charge in [0, 0.05) is 33.8 Å². The highest BCUT2D eigenvalue weighted by Crippen LogP contribution is 2.50. The molecule has 0 bridgehead atoms. The highest BCUT2D eigenvalue weighted by Gasteiger charge is 2.46. The van der Waals surface area contributed by atoms with Crippen LogP contribution in [-0.4, -0.2) is 31.7 Å². The number of ketones is 1. The van der Waals surface area contributed by atoms with E-state index >= 15 is 0 Å². The number of esters is 1. The summed E-state index contributed by atoms with van der Waals surface area (Å²) in [5.74, 6) is -0.613. The molecule has 2 aromatic rings. The number of nitrogens with zero attached hydrogens (tertiary/aromatic N) is 1. The smallest absolute Gasteiger partial charge is 0.315 e. The molecule has 2 aromatic carbocycles. The number of benzene rings is 2. The number of carbonyl (C=O) groups excluding carboxylic acids is 2. The molecule has 35 heavy (non-hydrogen) atoms. The third kappa shape index (κ3) is 5.06. The summed E-state index contributed by atoms with van der Waals surface area (Å²) in [6.45, 7) is 6.13. The van der Waals surface area contributed by atoms with E-state index in [9.17, 15) is 9.59 Å². The maximum absolute atomic E-state index is 13.6. The quantitative estimate of drug-likeness (QED) is 0.419. The van der Waals surface area contributed by atoms with E-state index in [0.29, 0.717) is 35.6 Å². The summed E-state index contributed by atoms with van der Waals surface area (Å²) in [4.78, 5) is 31.9. The molecule has 184 valence electrons. The monoisotopic (exact) mass is 539 g/mol. The SMILES string of the molecule is COc1cc(Br)c([C@@H]2C3=C(CC(C)(C)CC3=O)N=C(C)C2C(=O)OCc2ccccc2)cc1OC. The van der Waals surface area contributed by atoms with Crippen molar-refractivity contribution in [3.63, 3.8) is 0 Å². The number of aliphatic imine (C=N–C) groups is 1. The lowest BCUT2D eigenvalue weighted by Crippen LogP contribution is -2.39. The van der Waals surface area contributed by atoms with Crippen molar-refractivity contribution in [3.05, 3.63) is 69.3 Å². The fraction of sp³-hybridized carbons (Fsp3) is 0.393. The van der Waals surface area contributed by atoms with Gasteiger partial charge in [-0.25, -0.2) is 0 Å². The van der Waals surface area contributed by atoms with Crippen LogP contribution >= 0.6 is 15.9 Å². The van der Waals surface area contributed by atoms with Crippen LogP contribution in [0, 0.1) is 11.3 Å². The Hall–Kier alpha value is -2.93. The van der Waals surface area contributed by atoms with Gasteiger partial charge in [-0.15, -0.1) is 0 Å². The highest BCUT2D eigenvalue weighted by atomic mass is 79.9. The Labute approximate surface area is 214 Å². The van der Waals surface area contributed by atoms with Gasteiger partial charge in [-0.1, -0.05) is 60.1 Å². The van der Waals surface area contributed by atoms with Crippen molar-refractivity contribution in [2.24, 2.45) is 16.3 Å². The summed E-state index contributed by atoms with van der Waals surface area (Å²) in [5, 5.41) is 0. The van der Waals surface area contributed by atoms with Crippen LogP contribution in [0.3, 0.4) is 0 Å². The van der Waals surface area contributed by atoms with Crippen LogP contribution < -0.4 is 9.47 Å². The summed E-state index contributed by atoms with van der Waals surface area (Å²) < 4.78 is 17.5. The Morgan fingerprint density at radius 3 is 2.40 bits per heavy atom. The van der Waals surface area contributed by atoms with Gasteiger partial charge in [0.25, 0.3) is 0 Å². The molecule has 0 fully saturated rings. The number of Topliss-reactive ketones (excluding diaryl/α,β-unsaturated/α-hetero) is 1. The molecule has 2 atom stereocenters. The standard InChI is InChI=1S/C28H30BrNO5/c1-16-24(27(32)35-15-17-9-7-6-8-10-17)25(18-11-22(33-4)23(34-5)12-19(18)29)26-20(30-16)13-28(2,3)14-21(26)31/h6-12,24-25H,13-15H2,1-5H3/t24?,25-/m0/s1. The number of halogens is 1. The summed E-state index contributed by atoms with van der Waals surface area (Å²) >= 11 is 3.66. The molecule has 1 unspecified atom stereocenters. The van der Waals surface area contributed by atoms with Crippen LogP contribution in [0.5, 0.6) is 11.5 Å². The van der Waals surface area contributed by atoms with Crippen LogP contribution in [0.25, 0.3) is 0 Å². The number of allylic oxidation sites excluding steroid dienone is 2. The van der Waals surface area contributed by atoms with E-state index in [2.05, 4.69) is 29.8 Å². The molecule has 0 radical (unpaired) electrons. The molecule has 0 saturated carbocycles. The molecule has 1 aliphatic heterocycles. The van der Waals surface area contributed by atoms with Crippen molar-refractivity contribution in [2.75, 3.05) is 14.2 Å². The number of hydrogen-bond acceptors (Lipinski definition) is 6. The summed E-state index contributed by atoms with van der Waals surface area (Å²) in [6, 6.07) is 13.2. The Balaban J connectivity index is 1.82. The molecule has 4 rings (SSSR count). The van der Waals surface area contributed by atoms with Crippen molar-refractivity contribution in [1.82, 2.24) is 0 Å². The van der Waals surface area contributed by atoms with Gasteiger partial charge < -0.3 is 14.2 Å². The van der Waals surface area contributed by atoms with Crippen LogP contribution in [0.1, 0.15) is 50.7 Å². The maximum atomic E-state index is 13.6. The van der Waals surface area contributed by atoms with Gasteiger partial charge in [-0.05, 0) is 42.0 Å². The van der Waals surface area contributed by atoms with Crippen molar-refractivity contribution in [1.29, 1.82) is 0 Å². The first-order chi connectivity index (χ1) is 16.6. The van der Waals surface area contributed by atoms with Gasteiger partial charge in [0.2, 0.25) is 0 Å². The number of ether oxygens (including phenoxy) is 3. The van der Waals surface area contributed by atoms with Crippen molar-refractivity contribution >= 4 is 33.4 Å². The van der Waals surface area contributed by atoms with E-state index in [4.69, 9.17) is 19.2 Å². The van der Waals surface area contributed by atoms with Crippen LogP contribution in [0.4, 0.5) is 0 Å². The van der Waals surface area contributed by atoms with Crippen molar-refractivity contribution < 1.29 is 23.8 Å². The fourth-order valence-electron chi connectivity index (χ4n) is 5.01. The highest BCUT2D eigenvalue weighted by molar-refractivity contribution is 9.10. The second-order valence-corrected chi connectivity index (χ2v) is 10.7. The van der Waals surface area contributed by atoms with Gasteiger partial charge in [-0.3, -0.25) is 14.6 Å². The number of carbonyl (C=O) groups is 2. The Bertz CT molecular complexity index is 1220. The summed E-state index contributed by atoms with van der Waals surface area (Å²) in [7, 11) is 3.13. The van der Waals surface area contributed by atoms with Gasteiger partial charge in [-0.2, -0.15) is 0 Å². The lowest BCUT2D eigenvalue weighted by Gasteiger charge is -2.39. The average molecular weight is 540 g/mol. The number of methoxy groups -OCH3 is 2. The minimum atomic E-state index is -0.739. The molecule has 7 heteroatoms. The van der Waals surface area contributed by atoms with Crippen LogP contribution in [0.15, 0.2) is 63.2 Å². The number of hydrogen-bond donors (Lipinski definition) is 0. The van der Waals surface area contributed by atoms with E-state index in [1.54, 1.807) is 20.3 Å². The first-order valence-electron chi connectivity index (χ1n) is 11.6. The Kier molecular flexibility index (Phi) is 7.17. The maximum Gasteiger partial charge on any atom is 0.315 e. The molecule has 2 aliphatic rings. The third-order valence-electron chi connectivity index (χ3n) is 6.62.